The smallest absolute Gasteiger partial charge is 0.278 e. The summed E-state index contributed by atoms with van der Waals surface area (Å²) in [5, 5.41) is 0. The van der Waals surface area contributed by atoms with Gasteiger partial charge in [-0.3, -0.25) is 9.78 Å². The summed E-state index contributed by atoms with van der Waals surface area (Å²) >= 11 is 0. The van der Waals surface area contributed by atoms with Gasteiger partial charge in [0.2, 0.25) is 5.95 Å². The molecule has 0 unspecified atom stereocenters. The molecule has 0 saturated heterocycles. The summed E-state index contributed by atoms with van der Waals surface area (Å²) in [6.07, 6.45) is 0.593. The molecule has 78 valence electrons. The Kier molecular flexibility index (Phi) is 2.03. The fourth-order valence-corrected chi connectivity index (χ4v) is 1.34. The van der Waals surface area contributed by atoms with Crippen LogP contribution in [-0.4, -0.2) is 19.9 Å². The van der Waals surface area contributed by atoms with Gasteiger partial charge in [0.1, 0.15) is 5.82 Å². The number of hydrogen-bond acceptors (Lipinski definition) is 4. The Bertz CT molecular complexity index is 580. The van der Waals surface area contributed by atoms with Crippen LogP contribution in [0.4, 0.5) is 5.95 Å². The molecule has 2 aromatic heterocycles. The van der Waals surface area contributed by atoms with E-state index in [2.05, 4.69) is 26.5 Å². The Morgan fingerprint density at radius 3 is 2.87 bits per heavy atom. The number of nitrogens with one attached hydrogen (secondary N) is 2. The normalized spacial score (nSPS) is 10.7. The Morgan fingerprint density at radius 1 is 1.47 bits per heavy atom. The molecule has 0 aliphatic carbocycles. The molecule has 0 spiro atoms. The minimum atomic E-state index is -0.307. The predicted octanol–water partition coefficient (Wildman–Crippen LogP) is 0.347. The van der Waals surface area contributed by atoms with Crippen molar-refractivity contribution in [1.82, 2.24) is 19.9 Å². The van der Waals surface area contributed by atoms with E-state index in [1.54, 1.807) is 0 Å². The van der Waals surface area contributed by atoms with Gasteiger partial charge >= 0.3 is 0 Å². The average Bonchev–Trinajstić information content (AvgIpc) is 2.45. The van der Waals surface area contributed by atoms with Crippen molar-refractivity contribution < 1.29 is 0 Å². The molecule has 2 aromatic rings. The fourth-order valence-electron chi connectivity index (χ4n) is 1.34. The number of allylic oxidation sites excluding steroid dienone is 1. The maximum Gasteiger partial charge on any atom is 0.278 e. The van der Waals surface area contributed by atoms with Gasteiger partial charge in [-0.25, -0.2) is 4.98 Å². The number of nitrogens with two attached hydrogens (primary N) is 1. The van der Waals surface area contributed by atoms with Crippen LogP contribution >= 0.6 is 0 Å². The molecule has 15 heavy (non-hydrogen) atoms. The Hall–Kier alpha value is -2.11. The van der Waals surface area contributed by atoms with Crippen LogP contribution in [0.25, 0.3) is 11.2 Å². The molecule has 0 aliphatic rings. The zero-order chi connectivity index (χ0) is 11.0. The Balaban J connectivity index is 2.60. The van der Waals surface area contributed by atoms with Crippen molar-refractivity contribution >= 4 is 17.1 Å². The van der Waals surface area contributed by atoms with Gasteiger partial charge in [-0.15, -0.1) is 0 Å². The van der Waals surface area contributed by atoms with E-state index in [0.717, 1.165) is 5.57 Å². The molecular formula is C9H11N5O. The third kappa shape index (κ3) is 1.74. The molecule has 0 aliphatic heterocycles. The van der Waals surface area contributed by atoms with Crippen molar-refractivity contribution in [2.24, 2.45) is 0 Å². The summed E-state index contributed by atoms with van der Waals surface area (Å²) in [5.41, 5.74) is 6.73. The van der Waals surface area contributed by atoms with Gasteiger partial charge < -0.3 is 10.7 Å². The summed E-state index contributed by atoms with van der Waals surface area (Å²) in [6.45, 7) is 5.66. The number of hydrogen-bond donors (Lipinski definition) is 3. The predicted molar refractivity (Wildman–Crippen MR) is 57.4 cm³/mol. The van der Waals surface area contributed by atoms with Gasteiger partial charge in [-0.2, -0.15) is 4.98 Å². The van der Waals surface area contributed by atoms with Crippen LogP contribution in [0, 0.1) is 0 Å². The molecule has 0 fully saturated rings. The molecule has 0 aromatic carbocycles. The van der Waals surface area contributed by atoms with Crippen LogP contribution in [-0.2, 0) is 6.42 Å². The van der Waals surface area contributed by atoms with Gasteiger partial charge in [0.15, 0.2) is 11.2 Å². The van der Waals surface area contributed by atoms with Gasteiger partial charge in [0, 0.05) is 6.42 Å². The summed E-state index contributed by atoms with van der Waals surface area (Å²) in [4.78, 5) is 24.8. The van der Waals surface area contributed by atoms with Crippen LogP contribution in [0.2, 0.25) is 0 Å². The fraction of sp³-hybridized carbons (Fsp3) is 0.222. The largest absolute Gasteiger partial charge is 0.369 e. The maximum absolute atomic E-state index is 11.4. The lowest BCUT2D eigenvalue weighted by atomic mass is 10.2. The zero-order valence-corrected chi connectivity index (χ0v) is 8.29. The third-order valence-electron chi connectivity index (χ3n) is 1.90. The lowest BCUT2D eigenvalue weighted by Crippen LogP contribution is -2.10. The lowest BCUT2D eigenvalue weighted by molar-refractivity contribution is 1.02. The Morgan fingerprint density at radius 2 is 2.20 bits per heavy atom. The first kappa shape index (κ1) is 9.45. The number of rotatable bonds is 2. The lowest BCUT2D eigenvalue weighted by Gasteiger charge is -1.91. The molecule has 0 amide bonds. The number of nitrogens with zero attached hydrogens (tertiary/aromatic N) is 2. The topological polar surface area (TPSA) is 100 Å². The summed E-state index contributed by atoms with van der Waals surface area (Å²) in [7, 11) is 0. The number of anilines is 1. The van der Waals surface area contributed by atoms with Crippen LogP contribution < -0.4 is 11.3 Å². The minimum absolute atomic E-state index is 0.0703. The van der Waals surface area contributed by atoms with Crippen molar-refractivity contribution in [1.29, 1.82) is 0 Å². The van der Waals surface area contributed by atoms with Gasteiger partial charge in [0.25, 0.3) is 5.56 Å². The maximum atomic E-state index is 11.4. The van der Waals surface area contributed by atoms with Crippen LogP contribution in [0.15, 0.2) is 16.9 Å². The molecule has 4 N–H and O–H groups in total. The quantitative estimate of drug-likeness (QED) is 0.615. The number of H-pyrrole nitrogens is 2. The van der Waals surface area contributed by atoms with Gasteiger partial charge in [0.05, 0.1) is 0 Å². The molecule has 2 rings (SSSR count). The van der Waals surface area contributed by atoms with Gasteiger partial charge in [-0.1, -0.05) is 12.2 Å². The molecule has 0 saturated carbocycles. The van der Waals surface area contributed by atoms with E-state index < -0.39 is 0 Å². The summed E-state index contributed by atoms with van der Waals surface area (Å²) < 4.78 is 0. The van der Waals surface area contributed by atoms with Crippen molar-refractivity contribution in [2.45, 2.75) is 13.3 Å². The Labute approximate surface area is 85.3 Å². The van der Waals surface area contributed by atoms with E-state index in [1.807, 2.05) is 6.92 Å². The van der Waals surface area contributed by atoms with Crippen LogP contribution in [0.5, 0.6) is 0 Å². The monoisotopic (exact) mass is 205 g/mol. The van der Waals surface area contributed by atoms with E-state index in [9.17, 15) is 4.79 Å². The van der Waals surface area contributed by atoms with E-state index in [1.165, 1.54) is 0 Å². The van der Waals surface area contributed by atoms with E-state index in [4.69, 9.17) is 5.73 Å². The van der Waals surface area contributed by atoms with Gasteiger partial charge in [-0.05, 0) is 6.92 Å². The number of aromatic amines is 2. The van der Waals surface area contributed by atoms with Crippen molar-refractivity contribution in [3.63, 3.8) is 0 Å². The average molecular weight is 205 g/mol. The minimum Gasteiger partial charge on any atom is -0.369 e. The van der Waals surface area contributed by atoms with E-state index in [-0.39, 0.29) is 11.5 Å². The highest BCUT2D eigenvalue weighted by Gasteiger charge is 2.08. The molecule has 0 radical (unpaired) electrons. The van der Waals surface area contributed by atoms with Crippen LogP contribution in [0.1, 0.15) is 12.7 Å². The first-order valence-corrected chi connectivity index (χ1v) is 4.45. The first-order valence-electron chi connectivity index (χ1n) is 4.45. The van der Waals surface area contributed by atoms with Crippen LogP contribution in [0.3, 0.4) is 0 Å². The highest BCUT2D eigenvalue weighted by Crippen LogP contribution is 2.07. The second-order valence-corrected chi connectivity index (χ2v) is 3.47. The number of imidazole rings is 1. The van der Waals surface area contributed by atoms with Crippen molar-refractivity contribution in [3.8, 4) is 0 Å². The highest BCUT2D eigenvalue weighted by molar-refractivity contribution is 5.70. The zero-order valence-electron chi connectivity index (χ0n) is 8.29. The molecule has 0 atom stereocenters. The third-order valence-corrected chi connectivity index (χ3v) is 1.90. The standard InChI is InChI=1S/C9H11N5O/c1-4(2)3-5-11-6-7(12-5)13-9(10)14-8(6)15/h1,3H2,2H3,(H4,10,11,12,13,14,15). The van der Waals surface area contributed by atoms with Crippen molar-refractivity contribution in [3.05, 3.63) is 28.3 Å². The van der Waals surface area contributed by atoms with E-state index >= 15 is 0 Å². The first-order chi connectivity index (χ1) is 7.06. The second kappa shape index (κ2) is 3.23. The molecule has 6 heteroatoms. The summed E-state index contributed by atoms with van der Waals surface area (Å²) in [6, 6.07) is 0. The SMILES string of the molecule is C=C(C)Cc1nc2nc(N)[nH]c(=O)c2[nH]1. The molecule has 6 nitrogen and oxygen atoms in total. The summed E-state index contributed by atoms with van der Waals surface area (Å²) in [5.74, 6) is 0.738. The number of nitrogen functional groups attached to an aromatic ring is 1. The van der Waals surface area contributed by atoms with Crippen molar-refractivity contribution in [2.75, 3.05) is 5.73 Å². The molecular weight excluding hydrogens is 194 g/mol. The second-order valence-electron chi connectivity index (χ2n) is 3.47. The molecule has 0 bridgehead atoms. The van der Waals surface area contributed by atoms with E-state index in [0.29, 0.717) is 23.4 Å². The number of aromatic nitrogens is 4. The highest BCUT2D eigenvalue weighted by atomic mass is 16.1. The number of fused-ring (bicyclic) bond motifs is 1. The molecule has 2 heterocycles.